The molecule has 1 heterocycles. The topological polar surface area (TPSA) is 49.2 Å². The molecule has 0 spiro atoms. The van der Waals surface area contributed by atoms with E-state index in [0.29, 0.717) is 18.5 Å². The predicted molar refractivity (Wildman–Crippen MR) is 72.9 cm³/mol. The number of aromatic nitrogens is 2. The average Bonchev–Trinajstić information content (AvgIpc) is 2.25. The van der Waals surface area contributed by atoms with Crippen LogP contribution in [0.5, 0.6) is 0 Å². The molecule has 0 unspecified atom stereocenters. The maximum atomic E-state index is 9.22. The highest BCUT2D eigenvalue weighted by Gasteiger charge is 2.27. The molecule has 2 rings (SSSR count). The molecule has 0 radical (unpaired) electrons. The lowest BCUT2D eigenvalue weighted by atomic mass is 9.91. The second kappa shape index (κ2) is 5.65. The van der Waals surface area contributed by atoms with E-state index >= 15 is 0 Å². The molecule has 1 saturated carbocycles. The average molecular weight is 249 g/mol. The number of anilines is 1. The van der Waals surface area contributed by atoms with Gasteiger partial charge in [0.2, 0.25) is 5.95 Å². The molecule has 4 heteroatoms. The number of hydrogen-bond acceptors (Lipinski definition) is 4. The minimum Gasteiger partial charge on any atom is -0.395 e. The number of aliphatic hydroxyl groups excluding tert-OH is 1. The summed E-state index contributed by atoms with van der Waals surface area (Å²) in [7, 11) is 0. The Balaban J connectivity index is 2.27. The van der Waals surface area contributed by atoms with E-state index in [1.54, 1.807) is 0 Å². The molecule has 0 bridgehead atoms. The summed E-state index contributed by atoms with van der Waals surface area (Å²) in [4.78, 5) is 11.4. The Morgan fingerprint density at radius 1 is 1.39 bits per heavy atom. The first kappa shape index (κ1) is 13.3. The molecule has 1 aliphatic carbocycles. The minimum absolute atomic E-state index is 0.158. The summed E-state index contributed by atoms with van der Waals surface area (Å²) in [5.74, 6) is 1.19. The summed E-state index contributed by atoms with van der Waals surface area (Å²) in [5.41, 5.74) is 2.09. The summed E-state index contributed by atoms with van der Waals surface area (Å²) in [6.07, 6.45) is 3.65. The van der Waals surface area contributed by atoms with Crippen molar-refractivity contribution in [3.8, 4) is 0 Å². The SMILES string of the molecule is Cc1cc(C(C)C)nc(N(CCO)C2CCC2)n1. The standard InChI is InChI=1S/C14H23N3O/c1-10(2)13-9-11(3)15-14(16-13)17(7-8-18)12-5-4-6-12/h9-10,12,18H,4-8H2,1-3H3. The molecule has 0 atom stereocenters. The van der Waals surface area contributed by atoms with Crippen LogP contribution >= 0.6 is 0 Å². The van der Waals surface area contributed by atoms with Gasteiger partial charge in [0.25, 0.3) is 0 Å². The highest BCUT2D eigenvalue weighted by Crippen LogP contribution is 2.28. The van der Waals surface area contributed by atoms with Gasteiger partial charge in [-0.3, -0.25) is 0 Å². The Morgan fingerprint density at radius 2 is 2.11 bits per heavy atom. The van der Waals surface area contributed by atoms with Crippen molar-refractivity contribution in [1.29, 1.82) is 0 Å². The van der Waals surface area contributed by atoms with E-state index in [9.17, 15) is 5.11 Å². The monoisotopic (exact) mass is 249 g/mol. The second-order valence-corrected chi connectivity index (χ2v) is 5.39. The van der Waals surface area contributed by atoms with Crippen LogP contribution in [-0.4, -0.2) is 34.3 Å². The van der Waals surface area contributed by atoms with Crippen LogP contribution in [0.3, 0.4) is 0 Å². The van der Waals surface area contributed by atoms with Crippen LogP contribution in [0.25, 0.3) is 0 Å². The van der Waals surface area contributed by atoms with E-state index in [1.807, 2.05) is 13.0 Å². The van der Waals surface area contributed by atoms with Crippen molar-refractivity contribution in [2.45, 2.75) is 52.0 Å². The van der Waals surface area contributed by atoms with Crippen LogP contribution in [0.15, 0.2) is 6.07 Å². The van der Waals surface area contributed by atoms with Crippen molar-refractivity contribution < 1.29 is 5.11 Å². The molecule has 0 aromatic carbocycles. The maximum Gasteiger partial charge on any atom is 0.226 e. The Morgan fingerprint density at radius 3 is 2.61 bits per heavy atom. The van der Waals surface area contributed by atoms with Crippen molar-refractivity contribution in [2.75, 3.05) is 18.1 Å². The molecule has 18 heavy (non-hydrogen) atoms. The Labute approximate surface area is 109 Å². The number of nitrogens with zero attached hydrogens (tertiary/aromatic N) is 3. The van der Waals surface area contributed by atoms with Gasteiger partial charge in [0, 0.05) is 24.0 Å². The zero-order valence-electron chi connectivity index (χ0n) is 11.6. The van der Waals surface area contributed by atoms with Crippen molar-refractivity contribution in [1.82, 2.24) is 9.97 Å². The first-order chi connectivity index (χ1) is 8.61. The zero-order chi connectivity index (χ0) is 13.1. The molecule has 1 aromatic rings. The fourth-order valence-electron chi connectivity index (χ4n) is 2.25. The van der Waals surface area contributed by atoms with Crippen LogP contribution in [0, 0.1) is 6.92 Å². The molecule has 1 aliphatic rings. The normalized spacial score (nSPS) is 15.8. The van der Waals surface area contributed by atoms with Crippen molar-refractivity contribution in [3.63, 3.8) is 0 Å². The molecule has 1 fully saturated rings. The molecule has 0 amide bonds. The molecule has 4 nitrogen and oxygen atoms in total. The van der Waals surface area contributed by atoms with Gasteiger partial charge in [0.15, 0.2) is 0 Å². The highest BCUT2D eigenvalue weighted by molar-refractivity contribution is 5.35. The smallest absolute Gasteiger partial charge is 0.226 e. The number of aliphatic hydroxyl groups is 1. The lowest BCUT2D eigenvalue weighted by molar-refractivity contribution is 0.282. The van der Waals surface area contributed by atoms with Gasteiger partial charge < -0.3 is 10.0 Å². The third-order valence-electron chi connectivity index (χ3n) is 3.57. The first-order valence-electron chi connectivity index (χ1n) is 6.85. The number of rotatable bonds is 5. The zero-order valence-corrected chi connectivity index (χ0v) is 11.6. The minimum atomic E-state index is 0.158. The molecule has 0 aliphatic heterocycles. The van der Waals surface area contributed by atoms with Gasteiger partial charge in [0.1, 0.15) is 0 Å². The molecule has 1 aromatic heterocycles. The lowest BCUT2D eigenvalue weighted by Gasteiger charge is -2.37. The third kappa shape index (κ3) is 2.80. The largest absolute Gasteiger partial charge is 0.395 e. The number of aryl methyl sites for hydroxylation is 1. The summed E-state index contributed by atoms with van der Waals surface area (Å²) >= 11 is 0. The lowest BCUT2D eigenvalue weighted by Crippen LogP contribution is -2.43. The van der Waals surface area contributed by atoms with Gasteiger partial charge in [-0.2, -0.15) is 0 Å². The highest BCUT2D eigenvalue weighted by atomic mass is 16.3. The first-order valence-corrected chi connectivity index (χ1v) is 6.85. The molecule has 0 saturated heterocycles. The van der Waals surface area contributed by atoms with Gasteiger partial charge >= 0.3 is 0 Å². The van der Waals surface area contributed by atoms with E-state index in [2.05, 4.69) is 28.7 Å². The Hall–Kier alpha value is -1.16. The van der Waals surface area contributed by atoms with E-state index in [1.165, 1.54) is 19.3 Å². The van der Waals surface area contributed by atoms with Gasteiger partial charge in [-0.15, -0.1) is 0 Å². The van der Waals surface area contributed by atoms with Crippen LogP contribution in [0.4, 0.5) is 5.95 Å². The van der Waals surface area contributed by atoms with Crippen LogP contribution in [-0.2, 0) is 0 Å². The van der Waals surface area contributed by atoms with Gasteiger partial charge in [0.05, 0.1) is 6.61 Å². The van der Waals surface area contributed by atoms with Gasteiger partial charge in [-0.1, -0.05) is 13.8 Å². The third-order valence-corrected chi connectivity index (χ3v) is 3.57. The van der Waals surface area contributed by atoms with Gasteiger partial charge in [-0.05, 0) is 38.2 Å². The summed E-state index contributed by atoms with van der Waals surface area (Å²) in [6, 6.07) is 2.56. The van der Waals surface area contributed by atoms with Crippen molar-refractivity contribution in [2.24, 2.45) is 0 Å². The van der Waals surface area contributed by atoms with Gasteiger partial charge in [-0.25, -0.2) is 9.97 Å². The number of hydrogen-bond donors (Lipinski definition) is 1. The molecule has 100 valence electrons. The van der Waals surface area contributed by atoms with E-state index in [0.717, 1.165) is 17.3 Å². The van der Waals surface area contributed by atoms with Crippen molar-refractivity contribution in [3.05, 3.63) is 17.5 Å². The fourth-order valence-corrected chi connectivity index (χ4v) is 2.25. The predicted octanol–water partition coefficient (Wildman–Crippen LogP) is 2.26. The molecular weight excluding hydrogens is 226 g/mol. The Kier molecular flexibility index (Phi) is 4.17. The summed E-state index contributed by atoms with van der Waals surface area (Å²) < 4.78 is 0. The molecular formula is C14H23N3O. The van der Waals surface area contributed by atoms with Crippen LogP contribution in [0.2, 0.25) is 0 Å². The van der Waals surface area contributed by atoms with Crippen LogP contribution < -0.4 is 4.90 Å². The molecule has 1 N–H and O–H groups in total. The quantitative estimate of drug-likeness (QED) is 0.869. The van der Waals surface area contributed by atoms with E-state index in [-0.39, 0.29) is 6.61 Å². The van der Waals surface area contributed by atoms with E-state index < -0.39 is 0 Å². The summed E-state index contributed by atoms with van der Waals surface area (Å²) in [6.45, 7) is 7.09. The fraction of sp³-hybridized carbons (Fsp3) is 0.714. The maximum absolute atomic E-state index is 9.22. The van der Waals surface area contributed by atoms with E-state index in [4.69, 9.17) is 0 Å². The summed E-state index contributed by atoms with van der Waals surface area (Å²) in [5, 5.41) is 9.22. The van der Waals surface area contributed by atoms with Crippen molar-refractivity contribution >= 4 is 5.95 Å². The van der Waals surface area contributed by atoms with Crippen LogP contribution in [0.1, 0.15) is 50.4 Å². The Bertz CT molecular complexity index is 402. The second-order valence-electron chi connectivity index (χ2n) is 5.39.